The van der Waals surface area contributed by atoms with Crippen molar-refractivity contribution in [3.05, 3.63) is 92.3 Å². The van der Waals surface area contributed by atoms with Crippen molar-refractivity contribution in [1.82, 2.24) is 4.90 Å². The summed E-state index contributed by atoms with van der Waals surface area (Å²) in [4.78, 5) is 26.7. The van der Waals surface area contributed by atoms with Gasteiger partial charge in [0.05, 0.1) is 18.6 Å². The van der Waals surface area contributed by atoms with Crippen LogP contribution in [0, 0.1) is 6.92 Å². The lowest BCUT2D eigenvalue weighted by Gasteiger charge is -2.13. The van der Waals surface area contributed by atoms with E-state index in [2.05, 4.69) is 0 Å². The zero-order valence-electron chi connectivity index (χ0n) is 19.0. The molecule has 0 spiro atoms. The van der Waals surface area contributed by atoms with E-state index < -0.39 is 21.3 Å². The molecule has 0 radical (unpaired) electrons. The lowest BCUT2D eigenvalue weighted by molar-refractivity contribution is -0.123. The molecule has 1 saturated heterocycles. The number of imide groups is 1. The molecule has 1 fully saturated rings. The highest BCUT2D eigenvalue weighted by molar-refractivity contribution is 8.18. The van der Waals surface area contributed by atoms with E-state index in [9.17, 15) is 18.0 Å². The highest BCUT2D eigenvalue weighted by atomic mass is 35.5. The third-order valence-corrected chi connectivity index (χ3v) is 7.95. The number of hydrogen-bond donors (Lipinski definition) is 0. The lowest BCUT2D eigenvalue weighted by Crippen LogP contribution is -2.27. The Morgan fingerprint density at radius 3 is 2.36 bits per heavy atom. The first kappa shape index (κ1) is 26.1. The summed E-state index contributed by atoms with van der Waals surface area (Å²) in [5.41, 5.74) is 2.01. The highest BCUT2D eigenvalue weighted by Crippen LogP contribution is 2.36. The summed E-state index contributed by atoms with van der Waals surface area (Å²) in [6, 6.07) is 15.6. The highest BCUT2D eigenvalue weighted by Gasteiger charge is 2.35. The topological polar surface area (TPSA) is 90.0 Å². The fourth-order valence-corrected chi connectivity index (χ4v) is 5.57. The van der Waals surface area contributed by atoms with Gasteiger partial charge in [0.1, 0.15) is 4.90 Å². The number of methoxy groups -OCH3 is 1. The molecular weight excluding hydrogens is 545 g/mol. The molecule has 186 valence electrons. The van der Waals surface area contributed by atoms with Crippen LogP contribution in [0.25, 0.3) is 6.08 Å². The zero-order chi connectivity index (χ0) is 26.0. The molecule has 2 amide bonds. The van der Waals surface area contributed by atoms with Crippen molar-refractivity contribution >= 4 is 62.3 Å². The maximum Gasteiger partial charge on any atom is 0.339 e. The molecule has 1 aliphatic rings. The molecule has 1 aliphatic heterocycles. The molecule has 0 N–H and O–H groups in total. The monoisotopic (exact) mass is 563 g/mol. The normalized spacial score (nSPS) is 15.0. The number of nitrogens with zero attached hydrogens (tertiary/aromatic N) is 1. The Balaban J connectivity index is 1.55. The summed E-state index contributed by atoms with van der Waals surface area (Å²) >= 11 is 12.9. The minimum absolute atomic E-state index is 0.00494. The summed E-state index contributed by atoms with van der Waals surface area (Å²) in [6.07, 6.45) is 1.52. The summed E-state index contributed by atoms with van der Waals surface area (Å²) in [6.45, 7) is 1.85. The first-order valence-electron chi connectivity index (χ1n) is 10.5. The van der Waals surface area contributed by atoms with E-state index in [0.29, 0.717) is 21.2 Å². The number of thioether (sulfide) groups is 1. The van der Waals surface area contributed by atoms with Gasteiger partial charge in [0.2, 0.25) is 0 Å². The van der Waals surface area contributed by atoms with Crippen LogP contribution < -0.4 is 8.92 Å². The van der Waals surface area contributed by atoms with Crippen LogP contribution in [0.4, 0.5) is 4.79 Å². The van der Waals surface area contributed by atoms with Crippen LogP contribution in [0.5, 0.6) is 11.5 Å². The number of halogens is 2. The number of benzene rings is 3. The fourth-order valence-electron chi connectivity index (χ4n) is 3.32. The molecule has 7 nitrogen and oxygen atoms in total. The van der Waals surface area contributed by atoms with E-state index in [0.717, 1.165) is 22.2 Å². The zero-order valence-corrected chi connectivity index (χ0v) is 22.2. The summed E-state index contributed by atoms with van der Waals surface area (Å²) in [5.74, 6) is -0.343. The average Bonchev–Trinajstić information content (AvgIpc) is 3.09. The van der Waals surface area contributed by atoms with Gasteiger partial charge >= 0.3 is 10.1 Å². The molecular formula is C25H19Cl2NO6S2. The molecule has 4 rings (SSSR count). The molecule has 0 saturated carbocycles. The van der Waals surface area contributed by atoms with Crippen LogP contribution >= 0.6 is 35.0 Å². The number of amides is 2. The molecule has 0 aromatic heterocycles. The van der Waals surface area contributed by atoms with Crippen molar-refractivity contribution in [2.45, 2.75) is 18.4 Å². The van der Waals surface area contributed by atoms with Crippen molar-refractivity contribution < 1.29 is 26.9 Å². The number of carbonyl (C=O) groups excluding carboxylic acids is 2. The Labute approximate surface area is 222 Å². The predicted molar refractivity (Wildman–Crippen MR) is 140 cm³/mol. The maximum atomic E-state index is 12.9. The lowest BCUT2D eigenvalue weighted by atomic mass is 10.1. The van der Waals surface area contributed by atoms with Gasteiger partial charge in [0.15, 0.2) is 11.5 Å². The van der Waals surface area contributed by atoms with Gasteiger partial charge in [-0.25, -0.2) is 0 Å². The van der Waals surface area contributed by atoms with Crippen LogP contribution in [-0.4, -0.2) is 31.6 Å². The van der Waals surface area contributed by atoms with E-state index in [1.807, 2.05) is 6.92 Å². The van der Waals surface area contributed by atoms with Crippen LogP contribution in [0.3, 0.4) is 0 Å². The van der Waals surface area contributed by atoms with Gasteiger partial charge in [0, 0.05) is 10.0 Å². The molecule has 11 heteroatoms. The minimum atomic E-state index is -4.08. The number of hydrogen-bond acceptors (Lipinski definition) is 7. The number of carbonyl (C=O) groups is 2. The molecule has 0 bridgehead atoms. The first-order chi connectivity index (χ1) is 17.1. The van der Waals surface area contributed by atoms with E-state index in [1.54, 1.807) is 36.4 Å². The van der Waals surface area contributed by atoms with Crippen LogP contribution in [-0.2, 0) is 21.5 Å². The van der Waals surface area contributed by atoms with Crippen LogP contribution in [0.15, 0.2) is 70.5 Å². The van der Waals surface area contributed by atoms with Crippen molar-refractivity contribution in [3.63, 3.8) is 0 Å². The number of ether oxygens (including phenoxy) is 1. The van der Waals surface area contributed by atoms with Crippen molar-refractivity contribution in [3.8, 4) is 11.5 Å². The Bertz CT molecular complexity index is 1490. The van der Waals surface area contributed by atoms with E-state index in [1.165, 1.54) is 37.5 Å². The third kappa shape index (κ3) is 5.70. The average molecular weight is 564 g/mol. The van der Waals surface area contributed by atoms with Crippen molar-refractivity contribution in [2.24, 2.45) is 0 Å². The molecule has 3 aromatic carbocycles. The number of rotatable bonds is 7. The predicted octanol–water partition coefficient (Wildman–Crippen LogP) is 6.31. The van der Waals surface area contributed by atoms with Gasteiger partial charge in [-0.05, 0) is 72.3 Å². The van der Waals surface area contributed by atoms with Gasteiger partial charge in [-0.2, -0.15) is 8.42 Å². The fraction of sp³-hybridized carbons (Fsp3) is 0.120. The van der Waals surface area contributed by atoms with Crippen LogP contribution in [0.1, 0.15) is 16.7 Å². The smallest absolute Gasteiger partial charge is 0.339 e. The second kappa shape index (κ2) is 10.6. The summed E-state index contributed by atoms with van der Waals surface area (Å²) in [7, 11) is -2.71. The standard InChI is InChI=1S/C25H19Cl2NO6S2/c1-15-3-8-19(9-4-15)36(31,32)34-21-10-5-16(11-22(21)33-2)12-23-24(29)28(25(30)35-23)14-17-6-7-18(26)13-20(17)27/h3-13H,14H2,1-2H3/b23-12-. The largest absolute Gasteiger partial charge is 0.493 e. The van der Waals surface area contributed by atoms with E-state index in [-0.39, 0.29) is 27.8 Å². The summed E-state index contributed by atoms with van der Waals surface area (Å²) in [5, 5.41) is 0.366. The second-order valence-electron chi connectivity index (χ2n) is 7.76. The first-order valence-corrected chi connectivity index (χ1v) is 13.4. The molecule has 1 heterocycles. The maximum absolute atomic E-state index is 12.9. The Morgan fingerprint density at radius 2 is 1.69 bits per heavy atom. The van der Waals surface area contributed by atoms with Crippen molar-refractivity contribution in [1.29, 1.82) is 0 Å². The molecule has 0 unspecified atom stereocenters. The van der Waals surface area contributed by atoms with Crippen LogP contribution in [0.2, 0.25) is 10.0 Å². The Morgan fingerprint density at radius 1 is 0.972 bits per heavy atom. The molecule has 3 aromatic rings. The minimum Gasteiger partial charge on any atom is -0.493 e. The van der Waals surface area contributed by atoms with E-state index in [4.69, 9.17) is 32.1 Å². The Kier molecular flexibility index (Phi) is 7.65. The second-order valence-corrected chi connectivity index (χ2v) is 11.1. The van der Waals surface area contributed by atoms with Gasteiger partial charge in [-0.3, -0.25) is 14.5 Å². The molecule has 36 heavy (non-hydrogen) atoms. The van der Waals surface area contributed by atoms with Gasteiger partial charge < -0.3 is 8.92 Å². The van der Waals surface area contributed by atoms with Gasteiger partial charge in [-0.1, -0.05) is 53.0 Å². The Hall–Kier alpha value is -2.98. The molecule has 0 atom stereocenters. The quantitative estimate of drug-likeness (QED) is 0.245. The molecule has 0 aliphatic carbocycles. The third-order valence-electron chi connectivity index (χ3n) is 5.21. The van der Waals surface area contributed by atoms with Gasteiger partial charge in [0.25, 0.3) is 11.1 Å². The SMILES string of the molecule is COc1cc(/C=C2\SC(=O)N(Cc3ccc(Cl)cc3Cl)C2=O)ccc1OS(=O)(=O)c1ccc(C)cc1. The number of aryl methyl sites for hydroxylation is 1. The summed E-state index contributed by atoms with van der Waals surface area (Å²) < 4.78 is 35.9. The van der Waals surface area contributed by atoms with Gasteiger partial charge in [-0.15, -0.1) is 0 Å². The van der Waals surface area contributed by atoms with E-state index >= 15 is 0 Å². The van der Waals surface area contributed by atoms with Crippen molar-refractivity contribution in [2.75, 3.05) is 7.11 Å².